The molecule has 1 fully saturated rings. The van der Waals surface area contributed by atoms with E-state index in [0.717, 1.165) is 0 Å². The highest BCUT2D eigenvalue weighted by Gasteiger charge is 2.63. The van der Waals surface area contributed by atoms with Crippen LogP contribution in [0.4, 0.5) is 0 Å². The van der Waals surface area contributed by atoms with Gasteiger partial charge in [-0.15, -0.1) is 0 Å². The fraction of sp³-hybridized carbons (Fsp3) is 0.667. The first-order valence-electron chi connectivity index (χ1n) is 3.78. The molecule has 0 saturated carbocycles. The molecule has 1 rings (SSSR count). The van der Waals surface area contributed by atoms with Crippen molar-refractivity contribution in [2.24, 2.45) is 0 Å². The van der Waals surface area contributed by atoms with Crippen molar-refractivity contribution in [3.05, 3.63) is 0 Å². The molecule has 0 aromatic carbocycles. The lowest BCUT2D eigenvalue weighted by molar-refractivity contribution is -0.155. The Morgan fingerprint density at radius 1 is 1.33 bits per heavy atom. The minimum Gasteiger partial charge on any atom is -0.480 e. The van der Waals surface area contributed by atoms with Crippen molar-refractivity contribution in [2.75, 3.05) is 6.61 Å². The van der Waals surface area contributed by atoms with Gasteiger partial charge in [0.1, 0.15) is 0 Å². The molecule has 1 aliphatic heterocycles. The number of carboxylic acid groups (broad SMARTS) is 2. The Morgan fingerprint density at radius 2 is 1.87 bits per heavy atom. The summed E-state index contributed by atoms with van der Waals surface area (Å²) < 4.78 is 32.4. The maximum atomic E-state index is 10.9. The first-order valence-corrected chi connectivity index (χ1v) is 5.22. The van der Waals surface area contributed by atoms with E-state index in [2.05, 4.69) is 4.74 Å². The van der Waals surface area contributed by atoms with E-state index in [1.807, 2.05) is 0 Å². The predicted octanol–water partition coefficient (Wildman–Crippen LogP) is -1.43. The molecule has 3 N–H and O–H groups in total. The minimum absolute atomic E-state index is 0.358. The number of hydrogen-bond donors (Lipinski definition) is 3. The van der Waals surface area contributed by atoms with Crippen molar-refractivity contribution < 1.29 is 37.5 Å². The molecule has 2 atom stereocenters. The quantitative estimate of drug-likeness (QED) is 0.510. The lowest BCUT2D eigenvalue weighted by Crippen LogP contribution is -2.55. The van der Waals surface area contributed by atoms with E-state index in [1.54, 1.807) is 0 Å². The highest BCUT2D eigenvalue weighted by molar-refractivity contribution is 7.88. The summed E-state index contributed by atoms with van der Waals surface area (Å²) in [5.41, 5.74) is 0. The monoisotopic (exact) mass is 240 g/mol. The number of carbonyl (C=O) groups is 2. The molecular formula is C6H8O8S. The summed E-state index contributed by atoms with van der Waals surface area (Å²) >= 11 is 0. The van der Waals surface area contributed by atoms with Gasteiger partial charge in [0.05, 0.1) is 6.61 Å². The zero-order valence-corrected chi connectivity index (χ0v) is 8.10. The topological polar surface area (TPSA) is 138 Å². The fourth-order valence-electron chi connectivity index (χ4n) is 1.46. The molecule has 1 heterocycles. The largest absolute Gasteiger partial charge is 0.480 e. The average molecular weight is 240 g/mol. The molecule has 1 saturated heterocycles. The molecule has 0 aliphatic carbocycles. The molecule has 0 aromatic heterocycles. The summed E-state index contributed by atoms with van der Waals surface area (Å²) in [5, 5.41) is 17.3. The maximum absolute atomic E-state index is 10.9. The van der Waals surface area contributed by atoms with Crippen LogP contribution in [0.15, 0.2) is 0 Å². The number of carboxylic acids is 2. The van der Waals surface area contributed by atoms with Gasteiger partial charge in [0, 0.05) is 6.42 Å². The highest BCUT2D eigenvalue weighted by Crippen LogP contribution is 2.34. The third-order valence-electron chi connectivity index (χ3n) is 2.23. The van der Waals surface area contributed by atoms with Gasteiger partial charge in [0.25, 0.3) is 10.1 Å². The third-order valence-corrected chi connectivity index (χ3v) is 3.74. The van der Waals surface area contributed by atoms with Gasteiger partial charge in [-0.3, -0.25) is 9.35 Å². The molecule has 0 spiro atoms. The molecule has 2 unspecified atom stereocenters. The van der Waals surface area contributed by atoms with E-state index in [1.165, 1.54) is 0 Å². The second-order valence-electron chi connectivity index (χ2n) is 3.01. The van der Waals surface area contributed by atoms with Crippen molar-refractivity contribution in [1.82, 2.24) is 0 Å². The van der Waals surface area contributed by atoms with E-state index < -0.39 is 39.3 Å². The zero-order chi connectivity index (χ0) is 11.9. The van der Waals surface area contributed by atoms with Crippen LogP contribution in [-0.4, -0.2) is 52.6 Å². The summed E-state index contributed by atoms with van der Waals surface area (Å²) in [4.78, 5) is 21.4. The van der Waals surface area contributed by atoms with Crippen LogP contribution in [0.2, 0.25) is 0 Å². The van der Waals surface area contributed by atoms with E-state index in [9.17, 15) is 18.0 Å². The first-order chi connectivity index (χ1) is 6.73. The lowest BCUT2D eigenvalue weighted by Gasteiger charge is -2.23. The summed E-state index contributed by atoms with van der Waals surface area (Å²) in [5.74, 6) is -3.68. The third kappa shape index (κ3) is 1.58. The van der Waals surface area contributed by atoms with Crippen LogP contribution < -0.4 is 0 Å². The molecule has 86 valence electrons. The van der Waals surface area contributed by atoms with Crippen LogP contribution >= 0.6 is 0 Å². The lowest BCUT2D eigenvalue weighted by atomic mass is 10.0. The highest BCUT2D eigenvalue weighted by atomic mass is 32.2. The number of aliphatic carboxylic acids is 2. The molecule has 15 heavy (non-hydrogen) atoms. The molecule has 9 heteroatoms. The smallest absolute Gasteiger partial charge is 0.335 e. The van der Waals surface area contributed by atoms with Gasteiger partial charge >= 0.3 is 11.9 Å². The van der Waals surface area contributed by atoms with Gasteiger partial charge in [-0.05, 0) is 0 Å². The van der Waals surface area contributed by atoms with Crippen LogP contribution in [0.3, 0.4) is 0 Å². The minimum atomic E-state index is -5.06. The van der Waals surface area contributed by atoms with E-state index >= 15 is 0 Å². The molecule has 1 aliphatic rings. The molecule has 0 aromatic rings. The van der Waals surface area contributed by atoms with Crippen molar-refractivity contribution in [1.29, 1.82) is 0 Å². The van der Waals surface area contributed by atoms with E-state index in [4.69, 9.17) is 14.8 Å². The Hall–Kier alpha value is -1.19. The van der Waals surface area contributed by atoms with Crippen LogP contribution in [0.5, 0.6) is 0 Å². The predicted molar refractivity (Wildman–Crippen MR) is 43.9 cm³/mol. The second-order valence-corrected chi connectivity index (χ2v) is 4.69. The van der Waals surface area contributed by atoms with Gasteiger partial charge in [0.15, 0.2) is 6.10 Å². The standard InChI is InChI=1S/C6H8O8S/c7-4(8)3-6(5(9)10,1-2-14-3)15(11,12)13/h3H,1-2H2,(H,7,8)(H,9,10)(H,11,12,13). The molecule has 0 radical (unpaired) electrons. The first kappa shape index (κ1) is 11.9. The molecular weight excluding hydrogens is 232 g/mol. The summed E-state index contributed by atoms with van der Waals surface area (Å²) in [6, 6.07) is 0. The van der Waals surface area contributed by atoms with Crippen LogP contribution in [-0.2, 0) is 24.4 Å². The Labute approximate surface area is 84.2 Å². The Morgan fingerprint density at radius 3 is 2.13 bits per heavy atom. The Balaban J connectivity index is 3.35. The number of rotatable bonds is 3. The number of hydrogen-bond acceptors (Lipinski definition) is 5. The van der Waals surface area contributed by atoms with Crippen molar-refractivity contribution in [3.8, 4) is 0 Å². The normalized spacial score (nSPS) is 31.4. The fourth-order valence-corrected chi connectivity index (χ4v) is 2.46. The van der Waals surface area contributed by atoms with E-state index in [0.29, 0.717) is 0 Å². The SMILES string of the molecule is O=C(O)C1OCCC1(C(=O)O)S(=O)(=O)O. The van der Waals surface area contributed by atoms with Crippen molar-refractivity contribution >= 4 is 22.1 Å². The van der Waals surface area contributed by atoms with Crippen molar-refractivity contribution in [2.45, 2.75) is 17.3 Å². The molecule has 8 nitrogen and oxygen atoms in total. The Bertz CT molecular complexity index is 397. The van der Waals surface area contributed by atoms with Gasteiger partial charge in [-0.2, -0.15) is 8.42 Å². The average Bonchev–Trinajstić information content (AvgIpc) is 2.45. The molecule has 0 amide bonds. The second kappa shape index (κ2) is 3.43. The zero-order valence-electron chi connectivity index (χ0n) is 7.28. The van der Waals surface area contributed by atoms with Gasteiger partial charge < -0.3 is 14.9 Å². The van der Waals surface area contributed by atoms with E-state index in [-0.39, 0.29) is 6.61 Å². The van der Waals surface area contributed by atoms with Crippen LogP contribution in [0, 0.1) is 0 Å². The maximum Gasteiger partial charge on any atom is 0.335 e. The molecule has 0 bridgehead atoms. The number of ether oxygens (including phenoxy) is 1. The summed E-state index contributed by atoms with van der Waals surface area (Å²) in [6.45, 7) is -0.358. The van der Waals surface area contributed by atoms with Crippen LogP contribution in [0.1, 0.15) is 6.42 Å². The summed E-state index contributed by atoms with van der Waals surface area (Å²) in [6.07, 6.45) is -2.69. The summed E-state index contributed by atoms with van der Waals surface area (Å²) in [7, 11) is -5.06. The van der Waals surface area contributed by atoms with Crippen molar-refractivity contribution in [3.63, 3.8) is 0 Å². The van der Waals surface area contributed by atoms with Gasteiger partial charge in [-0.25, -0.2) is 4.79 Å². The van der Waals surface area contributed by atoms with Gasteiger partial charge in [-0.1, -0.05) is 0 Å². The van der Waals surface area contributed by atoms with Crippen LogP contribution in [0.25, 0.3) is 0 Å². The van der Waals surface area contributed by atoms with Gasteiger partial charge in [0.2, 0.25) is 4.75 Å². The Kier molecular flexibility index (Phi) is 2.72.